The van der Waals surface area contributed by atoms with E-state index in [1.54, 1.807) is 0 Å². The average molecular weight is 311 g/mol. The van der Waals surface area contributed by atoms with Crippen LogP contribution in [0, 0.1) is 6.92 Å². The zero-order valence-electron chi connectivity index (χ0n) is 14.3. The summed E-state index contributed by atoms with van der Waals surface area (Å²) in [5.74, 6) is 0.653. The number of aryl methyl sites for hydroxylation is 1. The molecule has 0 saturated carbocycles. The molecule has 0 radical (unpaired) electrons. The summed E-state index contributed by atoms with van der Waals surface area (Å²) in [5, 5.41) is 2.88. The predicted octanol–water partition coefficient (Wildman–Crippen LogP) is 3.99. The molecule has 0 atom stereocenters. The lowest BCUT2D eigenvalue weighted by molar-refractivity contribution is -0.123. The summed E-state index contributed by atoms with van der Waals surface area (Å²) < 4.78 is 5.72. The molecule has 0 fully saturated rings. The van der Waals surface area contributed by atoms with Crippen LogP contribution in [0.3, 0.4) is 0 Å². The molecule has 0 spiro atoms. The number of para-hydroxylation sites is 1. The summed E-state index contributed by atoms with van der Waals surface area (Å²) in [6.07, 6.45) is 0. The number of ether oxygens (including phenoxy) is 1. The quantitative estimate of drug-likeness (QED) is 0.907. The minimum absolute atomic E-state index is 0.0189. The minimum Gasteiger partial charge on any atom is -0.483 e. The number of hydrogen-bond acceptors (Lipinski definition) is 2. The van der Waals surface area contributed by atoms with Crippen molar-refractivity contribution < 1.29 is 9.53 Å². The van der Waals surface area contributed by atoms with E-state index >= 15 is 0 Å². The molecule has 0 aliphatic rings. The number of rotatable bonds is 5. The highest BCUT2D eigenvalue weighted by Crippen LogP contribution is 2.30. The van der Waals surface area contributed by atoms with Gasteiger partial charge >= 0.3 is 0 Å². The van der Waals surface area contributed by atoms with Crippen LogP contribution in [-0.2, 0) is 16.8 Å². The monoisotopic (exact) mass is 311 g/mol. The highest BCUT2D eigenvalue weighted by atomic mass is 16.5. The van der Waals surface area contributed by atoms with E-state index in [0.29, 0.717) is 6.54 Å². The van der Waals surface area contributed by atoms with Gasteiger partial charge < -0.3 is 10.1 Å². The first-order chi connectivity index (χ1) is 10.9. The van der Waals surface area contributed by atoms with Crippen molar-refractivity contribution in [3.8, 4) is 5.75 Å². The van der Waals surface area contributed by atoms with Gasteiger partial charge in [0.1, 0.15) is 5.75 Å². The van der Waals surface area contributed by atoms with Gasteiger partial charge in [0.05, 0.1) is 0 Å². The first-order valence-corrected chi connectivity index (χ1v) is 7.91. The van der Waals surface area contributed by atoms with E-state index in [1.165, 1.54) is 5.56 Å². The van der Waals surface area contributed by atoms with Gasteiger partial charge in [-0.3, -0.25) is 4.79 Å². The summed E-state index contributed by atoms with van der Waals surface area (Å²) in [5.41, 5.74) is 3.38. The van der Waals surface area contributed by atoms with Gasteiger partial charge in [-0.05, 0) is 29.5 Å². The number of hydrogen-bond donors (Lipinski definition) is 1. The van der Waals surface area contributed by atoms with Crippen LogP contribution in [0.2, 0.25) is 0 Å². The first kappa shape index (κ1) is 17.1. The van der Waals surface area contributed by atoms with Crippen molar-refractivity contribution >= 4 is 5.91 Å². The molecule has 23 heavy (non-hydrogen) atoms. The van der Waals surface area contributed by atoms with Crippen molar-refractivity contribution in [2.24, 2.45) is 0 Å². The molecular weight excluding hydrogens is 286 g/mol. The second-order valence-corrected chi connectivity index (χ2v) is 6.80. The first-order valence-electron chi connectivity index (χ1n) is 7.91. The molecule has 0 aliphatic heterocycles. The Morgan fingerprint density at radius 2 is 1.70 bits per heavy atom. The summed E-state index contributed by atoms with van der Waals surface area (Å²) in [4.78, 5) is 12.0. The highest BCUT2D eigenvalue weighted by molar-refractivity contribution is 5.77. The molecule has 0 heterocycles. The Balaban J connectivity index is 1.89. The van der Waals surface area contributed by atoms with Gasteiger partial charge in [-0.1, -0.05) is 68.8 Å². The maximum absolute atomic E-state index is 12.0. The fourth-order valence-electron chi connectivity index (χ4n) is 2.31. The fraction of sp³-hybridized carbons (Fsp3) is 0.350. The Morgan fingerprint density at radius 1 is 1.04 bits per heavy atom. The van der Waals surface area contributed by atoms with E-state index in [9.17, 15) is 4.79 Å². The number of carbonyl (C=O) groups excluding carboxylic acids is 1. The second-order valence-electron chi connectivity index (χ2n) is 6.80. The molecule has 0 bridgehead atoms. The molecule has 3 nitrogen and oxygen atoms in total. The highest BCUT2D eigenvalue weighted by Gasteiger charge is 2.18. The van der Waals surface area contributed by atoms with Crippen molar-refractivity contribution in [1.82, 2.24) is 5.32 Å². The van der Waals surface area contributed by atoms with Gasteiger partial charge in [-0.2, -0.15) is 0 Å². The van der Waals surface area contributed by atoms with Crippen LogP contribution in [0.4, 0.5) is 0 Å². The minimum atomic E-state index is -0.116. The van der Waals surface area contributed by atoms with Gasteiger partial charge in [0.15, 0.2) is 6.61 Å². The van der Waals surface area contributed by atoms with Crippen molar-refractivity contribution in [3.63, 3.8) is 0 Å². The van der Waals surface area contributed by atoms with E-state index < -0.39 is 0 Å². The Labute approximate surface area is 138 Å². The van der Waals surface area contributed by atoms with Gasteiger partial charge in [0.25, 0.3) is 5.91 Å². The molecule has 2 aromatic carbocycles. The van der Waals surface area contributed by atoms with E-state index in [0.717, 1.165) is 16.9 Å². The summed E-state index contributed by atoms with van der Waals surface area (Å²) in [7, 11) is 0. The van der Waals surface area contributed by atoms with Crippen LogP contribution in [-0.4, -0.2) is 12.5 Å². The number of amides is 1. The third kappa shape index (κ3) is 5.13. The summed E-state index contributed by atoms with van der Waals surface area (Å²) in [6, 6.07) is 16.0. The Kier molecular flexibility index (Phi) is 5.43. The molecule has 2 aromatic rings. The molecule has 0 unspecified atom stereocenters. The standard InChI is InChI=1S/C20H25NO2/c1-15-9-11-16(12-10-15)13-21-19(22)14-23-18-8-6-5-7-17(18)20(2,3)4/h5-12H,13-14H2,1-4H3,(H,21,22). The molecule has 0 saturated heterocycles. The van der Waals surface area contributed by atoms with Gasteiger partial charge in [-0.15, -0.1) is 0 Å². The van der Waals surface area contributed by atoms with E-state index in [1.807, 2.05) is 55.5 Å². The Morgan fingerprint density at radius 3 is 2.35 bits per heavy atom. The smallest absolute Gasteiger partial charge is 0.258 e. The number of carbonyl (C=O) groups is 1. The zero-order chi connectivity index (χ0) is 16.9. The van der Waals surface area contributed by atoms with Gasteiger partial charge in [-0.25, -0.2) is 0 Å². The third-order valence-corrected chi connectivity index (χ3v) is 3.66. The molecule has 0 aromatic heterocycles. The van der Waals surface area contributed by atoms with Gasteiger partial charge in [0, 0.05) is 6.54 Å². The van der Waals surface area contributed by atoms with Crippen LogP contribution in [0.1, 0.15) is 37.5 Å². The predicted molar refractivity (Wildman–Crippen MR) is 93.7 cm³/mol. The van der Waals surface area contributed by atoms with Crippen LogP contribution in [0.15, 0.2) is 48.5 Å². The van der Waals surface area contributed by atoms with Crippen LogP contribution >= 0.6 is 0 Å². The number of benzene rings is 2. The molecule has 122 valence electrons. The molecule has 3 heteroatoms. The van der Waals surface area contributed by atoms with Crippen LogP contribution < -0.4 is 10.1 Å². The van der Waals surface area contributed by atoms with Crippen molar-refractivity contribution in [1.29, 1.82) is 0 Å². The lowest BCUT2D eigenvalue weighted by Crippen LogP contribution is -2.29. The lowest BCUT2D eigenvalue weighted by Gasteiger charge is -2.22. The Hall–Kier alpha value is -2.29. The largest absolute Gasteiger partial charge is 0.483 e. The normalized spacial score (nSPS) is 11.1. The molecule has 0 aliphatic carbocycles. The zero-order valence-corrected chi connectivity index (χ0v) is 14.3. The molecule has 1 amide bonds. The lowest BCUT2D eigenvalue weighted by atomic mass is 9.86. The summed E-state index contributed by atoms with van der Waals surface area (Å²) >= 11 is 0. The molecular formula is C20H25NO2. The molecule has 1 N–H and O–H groups in total. The number of nitrogens with one attached hydrogen (secondary N) is 1. The maximum Gasteiger partial charge on any atom is 0.258 e. The average Bonchev–Trinajstić information content (AvgIpc) is 2.52. The van der Waals surface area contributed by atoms with E-state index in [2.05, 4.69) is 26.1 Å². The summed E-state index contributed by atoms with van der Waals surface area (Å²) in [6.45, 7) is 8.98. The van der Waals surface area contributed by atoms with Crippen LogP contribution in [0.25, 0.3) is 0 Å². The Bertz CT molecular complexity index is 654. The van der Waals surface area contributed by atoms with Crippen molar-refractivity contribution in [3.05, 3.63) is 65.2 Å². The van der Waals surface area contributed by atoms with Crippen LogP contribution in [0.5, 0.6) is 5.75 Å². The SMILES string of the molecule is Cc1ccc(CNC(=O)COc2ccccc2C(C)(C)C)cc1. The second kappa shape index (κ2) is 7.32. The third-order valence-electron chi connectivity index (χ3n) is 3.66. The van der Waals surface area contributed by atoms with Crippen molar-refractivity contribution in [2.45, 2.75) is 39.7 Å². The maximum atomic E-state index is 12.0. The van der Waals surface area contributed by atoms with E-state index in [4.69, 9.17) is 4.74 Å². The van der Waals surface area contributed by atoms with E-state index in [-0.39, 0.29) is 17.9 Å². The van der Waals surface area contributed by atoms with Gasteiger partial charge in [0.2, 0.25) is 0 Å². The fourth-order valence-corrected chi connectivity index (χ4v) is 2.31. The molecule has 2 rings (SSSR count). The topological polar surface area (TPSA) is 38.3 Å². The van der Waals surface area contributed by atoms with Crippen molar-refractivity contribution in [2.75, 3.05) is 6.61 Å².